The lowest BCUT2D eigenvalue weighted by molar-refractivity contribution is -0.159. The highest BCUT2D eigenvalue weighted by atomic mass is 32.2. The third-order valence-corrected chi connectivity index (χ3v) is 8.02. The Labute approximate surface area is 193 Å². The van der Waals surface area contributed by atoms with Crippen LogP contribution in [0.15, 0.2) is 34.7 Å². The predicted molar refractivity (Wildman–Crippen MR) is 118 cm³/mol. The van der Waals surface area contributed by atoms with E-state index in [2.05, 4.69) is 11.4 Å². The summed E-state index contributed by atoms with van der Waals surface area (Å²) < 4.78 is 58.8. The molecule has 1 saturated heterocycles. The molecule has 1 N–H and O–H groups in total. The van der Waals surface area contributed by atoms with Crippen LogP contribution in [0.3, 0.4) is 0 Å². The summed E-state index contributed by atoms with van der Waals surface area (Å²) in [5, 5.41) is 2.79. The van der Waals surface area contributed by atoms with Gasteiger partial charge in [-0.2, -0.15) is 4.31 Å². The van der Waals surface area contributed by atoms with E-state index in [1.807, 2.05) is 0 Å². The number of amides is 1. The molecule has 7 nitrogen and oxygen atoms in total. The first kappa shape index (κ1) is 25.3. The van der Waals surface area contributed by atoms with Gasteiger partial charge in [-0.25, -0.2) is 17.2 Å². The topological polar surface area (TPSA) is 92.8 Å². The number of allylic oxidation sites excluding steroid dienone is 1. The molecule has 182 valence electrons. The van der Waals surface area contributed by atoms with E-state index < -0.39 is 44.5 Å². The van der Waals surface area contributed by atoms with Gasteiger partial charge in [-0.1, -0.05) is 11.6 Å². The van der Waals surface area contributed by atoms with Crippen LogP contribution in [0.5, 0.6) is 0 Å². The van der Waals surface area contributed by atoms with Gasteiger partial charge in [0.2, 0.25) is 10.0 Å². The molecule has 1 heterocycles. The number of rotatable bonds is 8. The van der Waals surface area contributed by atoms with E-state index in [0.717, 1.165) is 35.7 Å². The van der Waals surface area contributed by atoms with Crippen molar-refractivity contribution in [2.45, 2.75) is 62.9 Å². The summed E-state index contributed by atoms with van der Waals surface area (Å²) >= 11 is 0. The molecule has 1 aliphatic heterocycles. The number of carbonyl (C=O) groups excluding carboxylic acids is 2. The van der Waals surface area contributed by atoms with E-state index in [-0.39, 0.29) is 31.8 Å². The van der Waals surface area contributed by atoms with Crippen molar-refractivity contribution >= 4 is 21.9 Å². The molecule has 0 aromatic heterocycles. The van der Waals surface area contributed by atoms with Crippen LogP contribution >= 0.6 is 0 Å². The zero-order chi connectivity index (χ0) is 24.0. The van der Waals surface area contributed by atoms with Crippen molar-refractivity contribution in [2.75, 3.05) is 19.6 Å². The standard InChI is InChI=1S/C23H30F2N2O5S/c1-16(22(28)26-12-9-17-5-3-2-4-6-17)32-23(29)18-10-13-27(14-11-18)33(30,31)21-8-7-19(24)15-20(21)25/h5,7-8,15-16,18H,2-4,6,9-14H2,1H3,(H,26,28). The van der Waals surface area contributed by atoms with Crippen molar-refractivity contribution in [2.24, 2.45) is 5.92 Å². The summed E-state index contributed by atoms with van der Waals surface area (Å²) in [7, 11) is -4.14. The van der Waals surface area contributed by atoms with E-state index in [0.29, 0.717) is 12.6 Å². The Hall–Kier alpha value is -2.33. The maximum Gasteiger partial charge on any atom is 0.309 e. The Morgan fingerprint density at radius 3 is 2.58 bits per heavy atom. The first-order valence-corrected chi connectivity index (χ1v) is 12.7. The van der Waals surface area contributed by atoms with Crippen molar-refractivity contribution in [3.63, 3.8) is 0 Å². The third-order valence-electron chi connectivity index (χ3n) is 6.09. The molecule has 2 aliphatic rings. The molecule has 0 bridgehead atoms. The van der Waals surface area contributed by atoms with Gasteiger partial charge in [0.1, 0.15) is 16.5 Å². The van der Waals surface area contributed by atoms with Crippen LogP contribution in [-0.4, -0.2) is 50.3 Å². The summed E-state index contributed by atoms with van der Waals surface area (Å²) in [6.45, 7) is 1.98. The van der Waals surface area contributed by atoms with Crippen LogP contribution < -0.4 is 5.32 Å². The van der Waals surface area contributed by atoms with Gasteiger partial charge in [-0.3, -0.25) is 9.59 Å². The second-order valence-corrected chi connectivity index (χ2v) is 10.4. The second kappa shape index (κ2) is 11.2. The Balaban J connectivity index is 1.45. The SMILES string of the molecule is CC(OC(=O)C1CCN(S(=O)(=O)c2ccc(F)cc2F)CC1)C(=O)NCCC1=CCCCC1. The third kappa shape index (κ3) is 6.60. The van der Waals surface area contributed by atoms with E-state index in [1.165, 1.54) is 25.3 Å². The Kier molecular flexibility index (Phi) is 8.58. The molecule has 0 radical (unpaired) electrons. The van der Waals surface area contributed by atoms with Gasteiger partial charge in [-0.05, 0) is 64.0 Å². The van der Waals surface area contributed by atoms with Crippen LogP contribution in [0.25, 0.3) is 0 Å². The molecular weight excluding hydrogens is 454 g/mol. The average Bonchev–Trinajstić information content (AvgIpc) is 2.79. The highest BCUT2D eigenvalue weighted by Crippen LogP contribution is 2.26. The summed E-state index contributed by atoms with van der Waals surface area (Å²) in [4.78, 5) is 24.1. The highest BCUT2D eigenvalue weighted by Gasteiger charge is 2.35. The number of halogens is 2. The molecule has 1 atom stereocenters. The van der Waals surface area contributed by atoms with Gasteiger partial charge in [0.05, 0.1) is 5.92 Å². The maximum atomic E-state index is 14.0. The number of hydrogen-bond donors (Lipinski definition) is 1. The van der Waals surface area contributed by atoms with Gasteiger partial charge in [0, 0.05) is 25.7 Å². The van der Waals surface area contributed by atoms with Gasteiger partial charge in [0.15, 0.2) is 6.10 Å². The van der Waals surface area contributed by atoms with E-state index in [1.54, 1.807) is 0 Å². The first-order valence-electron chi connectivity index (χ1n) is 11.3. The molecule has 1 aromatic carbocycles. The second-order valence-electron chi connectivity index (χ2n) is 8.48. The fourth-order valence-corrected chi connectivity index (χ4v) is 5.62. The smallest absolute Gasteiger partial charge is 0.309 e. The van der Waals surface area contributed by atoms with Gasteiger partial charge >= 0.3 is 5.97 Å². The molecule has 1 aromatic rings. The molecule has 1 unspecified atom stereocenters. The fourth-order valence-electron chi connectivity index (χ4n) is 4.10. The van der Waals surface area contributed by atoms with Crippen LogP contribution in [-0.2, 0) is 24.3 Å². The lowest BCUT2D eigenvalue weighted by atomic mass is 9.97. The van der Waals surface area contributed by atoms with Crippen LogP contribution in [0.4, 0.5) is 8.78 Å². The summed E-state index contributed by atoms with van der Waals surface area (Å²) in [5.74, 6) is -3.50. The molecule has 1 amide bonds. The molecule has 0 spiro atoms. The zero-order valence-electron chi connectivity index (χ0n) is 18.7. The van der Waals surface area contributed by atoms with Crippen molar-refractivity contribution < 1.29 is 31.5 Å². The minimum Gasteiger partial charge on any atom is -0.452 e. The molecular formula is C23H30F2N2O5S. The van der Waals surface area contributed by atoms with E-state index in [9.17, 15) is 26.8 Å². The molecule has 33 heavy (non-hydrogen) atoms. The van der Waals surface area contributed by atoms with Crippen molar-refractivity contribution in [1.29, 1.82) is 0 Å². The molecule has 0 saturated carbocycles. The van der Waals surface area contributed by atoms with Crippen molar-refractivity contribution in [3.05, 3.63) is 41.5 Å². The molecule has 3 rings (SSSR count). The lowest BCUT2D eigenvalue weighted by Crippen LogP contribution is -2.42. The van der Waals surface area contributed by atoms with E-state index >= 15 is 0 Å². The molecule has 10 heteroatoms. The monoisotopic (exact) mass is 484 g/mol. The number of hydrogen-bond acceptors (Lipinski definition) is 5. The highest BCUT2D eigenvalue weighted by molar-refractivity contribution is 7.89. The first-order chi connectivity index (χ1) is 15.7. The minimum atomic E-state index is -4.14. The van der Waals surface area contributed by atoms with Crippen LogP contribution in [0.2, 0.25) is 0 Å². The summed E-state index contributed by atoms with van der Waals surface area (Å²) in [6, 6.07) is 2.31. The number of esters is 1. The van der Waals surface area contributed by atoms with Gasteiger partial charge in [0.25, 0.3) is 5.91 Å². The molecule has 1 fully saturated rings. The Bertz CT molecular complexity index is 1000. The number of nitrogens with zero attached hydrogens (tertiary/aromatic N) is 1. The Morgan fingerprint density at radius 1 is 1.21 bits per heavy atom. The normalized spacial score (nSPS) is 18.9. The summed E-state index contributed by atoms with van der Waals surface area (Å²) in [6.07, 6.45) is 6.94. The van der Waals surface area contributed by atoms with Crippen LogP contribution in [0.1, 0.15) is 51.9 Å². The number of sulfonamides is 1. The Morgan fingerprint density at radius 2 is 1.94 bits per heavy atom. The fraction of sp³-hybridized carbons (Fsp3) is 0.565. The average molecular weight is 485 g/mol. The van der Waals surface area contributed by atoms with Gasteiger partial charge in [-0.15, -0.1) is 0 Å². The van der Waals surface area contributed by atoms with Crippen molar-refractivity contribution in [1.82, 2.24) is 9.62 Å². The number of ether oxygens (including phenoxy) is 1. The number of benzene rings is 1. The van der Waals surface area contributed by atoms with E-state index in [4.69, 9.17) is 4.74 Å². The number of piperidine rings is 1. The minimum absolute atomic E-state index is 0.00535. The number of carbonyl (C=O) groups is 2. The molecule has 1 aliphatic carbocycles. The zero-order valence-corrected chi connectivity index (χ0v) is 19.5. The maximum absolute atomic E-state index is 14.0. The number of nitrogens with one attached hydrogen (secondary N) is 1. The van der Waals surface area contributed by atoms with Crippen LogP contribution in [0, 0.1) is 17.6 Å². The largest absolute Gasteiger partial charge is 0.452 e. The predicted octanol–water partition coefficient (Wildman–Crippen LogP) is 3.30. The van der Waals surface area contributed by atoms with Gasteiger partial charge < -0.3 is 10.1 Å². The lowest BCUT2D eigenvalue weighted by Gasteiger charge is -2.30. The van der Waals surface area contributed by atoms with Crippen molar-refractivity contribution in [3.8, 4) is 0 Å². The summed E-state index contributed by atoms with van der Waals surface area (Å²) in [5.41, 5.74) is 1.34. The quantitative estimate of drug-likeness (QED) is 0.452.